The van der Waals surface area contributed by atoms with E-state index >= 15 is 0 Å². The van der Waals surface area contributed by atoms with Crippen molar-refractivity contribution in [2.75, 3.05) is 29.5 Å². The number of aromatic nitrogens is 4. The lowest BCUT2D eigenvalue weighted by Gasteiger charge is -2.21. The molecule has 1 unspecified atom stereocenters. The summed E-state index contributed by atoms with van der Waals surface area (Å²) in [5, 5.41) is 15.2. The second-order valence-electron chi connectivity index (χ2n) is 4.93. The summed E-state index contributed by atoms with van der Waals surface area (Å²) in [5.41, 5.74) is 0.773. The molecule has 3 rings (SSSR count). The van der Waals surface area contributed by atoms with Crippen LogP contribution >= 0.6 is 11.8 Å². The summed E-state index contributed by atoms with van der Waals surface area (Å²) in [6, 6.07) is 0. The lowest BCUT2D eigenvalue weighted by atomic mass is 10.2. The number of aromatic amines is 1. The van der Waals surface area contributed by atoms with E-state index in [-0.39, 0.29) is 0 Å². The van der Waals surface area contributed by atoms with Crippen molar-refractivity contribution in [1.82, 2.24) is 20.2 Å². The molecular weight excluding hydrogens is 272 g/mol. The Hall–Kier alpha value is -1.50. The zero-order chi connectivity index (χ0) is 13.8. The summed E-state index contributed by atoms with van der Waals surface area (Å²) in [5.74, 6) is 2.79. The van der Waals surface area contributed by atoms with Gasteiger partial charge >= 0.3 is 0 Å². The zero-order valence-corrected chi connectivity index (χ0v) is 12.5. The highest BCUT2D eigenvalue weighted by atomic mass is 32.2. The molecule has 1 aliphatic rings. The SMILES string of the molecule is CCNc1nc(NCC2CCCCS2)c2cn[nH]c2n1. The van der Waals surface area contributed by atoms with Gasteiger partial charge in [-0.25, -0.2) is 0 Å². The van der Waals surface area contributed by atoms with Crippen LogP contribution in [0.15, 0.2) is 6.20 Å². The van der Waals surface area contributed by atoms with Crippen molar-refractivity contribution in [3.63, 3.8) is 0 Å². The molecule has 1 saturated heterocycles. The number of fused-ring (bicyclic) bond motifs is 1. The highest BCUT2D eigenvalue weighted by Gasteiger charge is 2.15. The Balaban J connectivity index is 1.76. The van der Waals surface area contributed by atoms with Crippen LogP contribution in [0.3, 0.4) is 0 Å². The maximum atomic E-state index is 4.54. The monoisotopic (exact) mass is 292 g/mol. The van der Waals surface area contributed by atoms with E-state index in [1.807, 2.05) is 6.92 Å². The Kier molecular flexibility index (Phi) is 4.25. The largest absolute Gasteiger partial charge is 0.368 e. The Labute approximate surface area is 122 Å². The first kappa shape index (κ1) is 13.5. The van der Waals surface area contributed by atoms with Gasteiger partial charge in [0, 0.05) is 18.3 Å². The van der Waals surface area contributed by atoms with Crippen molar-refractivity contribution in [2.45, 2.75) is 31.4 Å². The Morgan fingerprint density at radius 3 is 3.10 bits per heavy atom. The molecule has 0 aliphatic carbocycles. The van der Waals surface area contributed by atoms with Crippen molar-refractivity contribution in [2.24, 2.45) is 0 Å². The van der Waals surface area contributed by atoms with Crippen molar-refractivity contribution >= 4 is 34.6 Å². The first-order valence-electron chi connectivity index (χ1n) is 7.17. The van der Waals surface area contributed by atoms with Gasteiger partial charge in [-0.15, -0.1) is 0 Å². The number of nitrogens with zero attached hydrogens (tertiary/aromatic N) is 3. The van der Waals surface area contributed by atoms with Crippen molar-refractivity contribution in [3.8, 4) is 0 Å². The summed E-state index contributed by atoms with van der Waals surface area (Å²) in [4.78, 5) is 8.94. The van der Waals surface area contributed by atoms with Gasteiger partial charge in [0.05, 0.1) is 11.6 Å². The first-order valence-corrected chi connectivity index (χ1v) is 8.22. The van der Waals surface area contributed by atoms with Crippen LogP contribution in [0.2, 0.25) is 0 Å². The van der Waals surface area contributed by atoms with Gasteiger partial charge < -0.3 is 10.6 Å². The van der Waals surface area contributed by atoms with Crippen LogP contribution in [0.5, 0.6) is 0 Å². The highest BCUT2D eigenvalue weighted by Crippen LogP contribution is 2.26. The van der Waals surface area contributed by atoms with Crippen LogP contribution in [0, 0.1) is 0 Å². The van der Waals surface area contributed by atoms with E-state index in [0.29, 0.717) is 11.2 Å². The summed E-state index contributed by atoms with van der Waals surface area (Å²) in [7, 11) is 0. The third-order valence-corrected chi connectivity index (χ3v) is 4.81. The molecule has 0 aromatic carbocycles. The third kappa shape index (κ3) is 2.98. The molecule has 7 heteroatoms. The normalized spacial score (nSPS) is 19.1. The molecule has 0 bridgehead atoms. The molecule has 2 aromatic rings. The lowest BCUT2D eigenvalue weighted by Crippen LogP contribution is -2.20. The van der Waals surface area contributed by atoms with Gasteiger partial charge in [-0.05, 0) is 25.5 Å². The molecule has 1 fully saturated rings. The minimum absolute atomic E-state index is 0.642. The van der Waals surface area contributed by atoms with E-state index in [0.717, 1.165) is 29.9 Å². The van der Waals surface area contributed by atoms with Crippen molar-refractivity contribution < 1.29 is 0 Å². The van der Waals surface area contributed by atoms with Gasteiger partial charge in [-0.1, -0.05) is 6.42 Å². The molecule has 0 saturated carbocycles. The van der Waals surface area contributed by atoms with Crippen LogP contribution in [0.25, 0.3) is 11.0 Å². The molecule has 0 amide bonds. The maximum absolute atomic E-state index is 4.54. The molecule has 108 valence electrons. The maximum Gasteiger partial charge on any atom is 0.226 e. The fourth-order valence-corrected chi connectivity index (χ4v) is 3.62. The number of hydrogen-bond donors (Lipinski definition) is 3. The quantitative estimate of drug-likeness (QED) is 0.786. The molecule has 2 aromatic heterocycles. The minimum atomic E-state index is 0.642. The second-order valence-corrected chi connectivity index (χ2v) is 6.34. The highest BCUT2D eigenvalue weighted by molar-refractivity contribution is 7.99. The van der Waals surface area contributed by atoms with Gasteiger partial charge in [0.1, 0.15) is 5.82 Å². The summed E-state index contributed by atoms with van der Waals surface area (Å²) in [6.45, 7) is 3.79. The molecule has 1 aliphatic heterocycles. The van der Waals surface area contributed by atoms with Gasteiger partial charge in [-0.2, -0.15) is 26.8 Å². The van der Waals surface area contributed by atoms with Gasteiger partial charge in [-0.3, -0.25) is 5.10 Å². The number of rotatable bonds is 5. The average Bonchev–Trinajstić information content (AvgIpc) is 2.95. The number of anilines is 2. The zero-order valence-electron chi connectivity index (χ0n) is 11.6. The number of hydrogen-bond acceptors (Lipinski definition) is 6. The van der Waals surface area contributed by atoms with Gasteiger partial charge in [0.2, 0.25) is 5.95 Å². The van der Waals surface area contributed by atoms with E-state index in [9.17, 15) is 0 Å². The average molecular weight is 292 g/mol. The van der Waals surface area contributed by atoms with Crippen molar-refractivity contribution in [3.05, 3.63) is 6.20 Å². The molecule has 3 N–H and O–H groups in total. The second kappa shape index (κ2) is 6.30. The fraction of sp³-hybridized carbons (Fsp3) is 0.615. The van der Waals surface area contributed by atoms with E-state index in [2.05, 4.69) is 42.6 Å². The Bertz CT molecular complexity index is 563. The molecule has 1 atom stereocenters. The Morgan fingerprint density at radius 1 is 1.35 bits per heavy atom. The van der Waals surface area contributed by atoms with Crippen LogP contribution in [-0.2, 0) is 0 Å². The van der Waals surface area contributed by atoms with Crippen LogP contribution in [0.4, 0.5) is 11.8 Å². The number of H-pyrrole nitrogens is 1. The molecule has 0 spiro atoms. The van der Waals surface area contributed by atoms with Gasteiger partial charge in [0.15, 0.2) is 5.65 Å². The van der Waals surface area contributed by atoms with E-state index in [1.165, 1.54) is 25.0 Å². The Morgan fingerprint density at radius 2 is 2.30 bits per heavy atom. The third-order valence-electron chi connectivity index (χ3n) is 3.42. The summed E-state index contributed by atoms with van der Waals surface area (Å²) < 4.78 is 0. The van der Waals surface area contributed by atoms with Gasteiger partial charge in [0.25, 0.3) is 0 Å². The summed E-state index contributed by atoms with van der Waals surface area (Å²) >= 11 is 2.06. The standard InChI is InChI=1S/C13H20N6S/c1-2-14-13-17-11(10-8-16-19-12(10)18-13)15-7-9-5-3-4-6-20-9/h8-9H,2-7H2,1H3,(H3,14,15,16,17,18,19). The number of nitrogens with one attached hydrogen (secondary N) is 3. The molecule has 6 nitrogen and oxygen atoms in total. The minimum Gasteiger partial charge on any atom is -0.368 e. The molecule has 20 heavy (non-hydrogen) atoms. The van der Waals surface area contributed by atoms with E-state index < -0.39 is 0 Å². The van der Waals surface area contributed by atoms with E-state index in [1.54, 1.807) is 6.20 Å². The van der Waals surface area contributed by atoms with Crippen LogP contribution in [0.1, 0.15) is 26.2 Å². The predicted molar refractivity (Wildman–Crippen MR) is 84.4 cm³/mol. The van der Waals surface area contributed by atoms with Crippen LogP contribution < -0.4 is 10.6 Å². The number of thioether (sulfide) groups is 1. The topological polar surface area (TPSA) is 78.5 Å². The molecule has 0 radical (unpaired) electrons. The van der Waals surface area contributed by atoms with Crippen LogP contribution in [-0.4, -0.2) is 44.3 Å². The van der Waals surface area contributed by atoms with Crippen molar-refractivity contribution in [1.29, 1.82) is 0 Å². The fourth-order valence-electron chi connectivity index (χ4n) is 2.39. The van der Waals surface area contributed by atoms with E-state index in [4.69, 9.17) is 0 Å². The lowest BCUT2D eigenvalue weighted by molar-refractivity contribution is 0.677. The predicted octanol–water partition coefficient (Wildman–Crippen LogP) is 2.48. The smallest absolute Gasteiger partial charge is 0.226 e. The molecule has 3 heterocycles. The molecular formula is C13H20N6S. The summed E-state index contributed by atoms with van der Waals surface area (Å²) in [6.07, 6.45) is 5.76. The first-order chi connectivity index (χ1) is 9.86.